The van der Waals surface area contributed by atoms with Crippen molar-refractivity contribution in [2.24, 2.45) is 11.3 Å². The van der Waals surface area contributed by atoms with E-state index < -0.39 is 12.0 Å². The topological polar surface area (TPSA) is 104 Å². The second-order valence-corrected chi connectivity index (χ2v) is 8.68. The SMILES string of the molecule is COc1cc(-c2noc(COC(=O)C3CCN(C(=O)C(C)(C)C)CC3)n2)ccc1OC(F)F. The number of ether oxygens (including phenoxy) is 3. The Hall–Kier alpha value is -3.24. The van der Waals surface area contributed by atoms with Crippen molar-refractivity contribution in [3.8, 4) is 22.9 Å². The molecule has 0 spiro atoms. The van der Waals surface area contributed by atoms with Crippen LogP contribution in [0.15, 0.2) is 22.7 Å². The van der Waals surface area contributed by atoms with Crippen LogP contribution in [-0.4, -0.2) is 53.7 Å². The number of nitrogens with zero attached hydrogens (tertiary/aromatic N) is 3. The molecular formula is C22H27F2N3O6. The number of amides is 1. The van der Waals surface area contributed by atoms with E-state index in [4.69, 9.17) is 14.0 Å². The number of alkyl halides is 2. The number of likely N-dealkylation sites (tertiary alicyclic amines) is 1. The summed E-state index contributed by atoms with van der Waals surface area (Å²) in [4.78, 5) is 30.7. The molecule has 0 saturated carbocycles. The number of aromatic nitrogens is 2. The summed E-state index contributed by atoms with van der Waals surface area (Å²) in [6, 6.07) is 4.23. The molecule has 2 heterocycles. The highest BCUT2D eigenvalue weighted by Crippen LogP contribution is 2.32. The van der Waals surface area contributed by atoms with Gasteiger partial charge in [-0.25, -0.2) is 0 Å². The van der Waals surface area contributed by atoms with Crippen molar-refractivity contribution < 1.29 is 37.1 Å². The minimum absolute atomic E-state index is 0.0677. The van der Waals surface area contributed by atoms with Crippen molar-refractivity contribution in [3.05, 3.63) is 24.1 Å². The van der Waals surface area contributed by atoms with Crippen LogP contribution in [0.2, 0.25) is 0 Å². The van der Waals surface area contributed by atoms with Crippen LogP contribution in [0.5, 0.6) is 11.5 Å². The minimum atomic E-state index is -2.98. The predicted molar refractivity (Wildman–Crippen MR) is 111 cm³/mol. The molecule has 1 amide bonds. The monoisotopic (exact) mass is 467 g/mol. The van der Waals surface area contributed by atoms with Gasteiger partial charge in [0.15, 0.2) is 18.1 Å². The average molecular weight is 467 g/mol. The van der Waals surface area contributed by atoms with Crippen LogP contribution in [0.1, 0.15) is 39.5 Å². The zero-order valence-corrected chi connectivity index (χ0v) is 19.0. The molecule has 1 aliphatic rings. The maximum atomic E-state index is 12.5. The number of halogens is 2. The van der Waals surface area contributed by atoms with Crippen LogP contribution in [0.25, 0.3) is 11.4 Å². The third-order valence-electron chi connectivity index (χ3n) is 5.20. The molecule has 0 atom stereocenters. The van der Waals surface area contributed by atoms with Crippen LogP contribution in [-0.2, 0) is 20.9 Å². The molecule has 11 heteroatoms. The summed E-state index contributed by atoms with van der Waals surface area (Å²) in [7, 11) is 1.32. The standard InChI is InChI=1S/C22H27F2N3O6/c1-22(2,3)20(29)27-9-7-13(8-10-27)19(28)31-12-17-25-18(26-33-17)14-5-6-15(32-21(23)24)16(11-14)30-4/h5-6,11,13,21H,7-10,12H2,1-4H3. The van der Waals surface area contributed by atoms with Gasteiger partial charge < -0.3 is 23.6 Å². The summed E-state index contributed by atoms with van der Waals surface area (Å²) < 4.78 is 44.8. The molecule has 180 valence electrons. The van der Waals surface area contributed by atoms with Gasteiger partial charge in [0, 0.05) is 24.1 Å². The number of piperidine rings is 1. The first-order valence-electron chi connectivity index (χ1n) is 10.5. The van der Waals surface area contributed by atoms with Crippen molar-refractivity contribution in [2.75, 3.05) is 20.2 Å². The molecule has 0 bridgehead atoms. The van der Waals surface area contributed by atoms with Crippen molar-refractivity contribution >= 4 is 11.9 Å². The number of methoxy groups -OCH3 is 1. The molecule has 0 N–H and O–H groups in total. The van der Waals surface area contributed by atoms with Crippen LogP contribution >= 0.6 is 0 Å². The van der Waals surface area contributed by atoms with E-state index in [9.17, 15) is 18.4 Å². The van der Waals surface area contributed by atoms with Crippen LogP contribution in [0, 0.1) is 11.3 Å². The zero-order chi connectivity index (χ0) is 24.2. The lowest BCUT2D eigenvalue weighted by Crippen LogP contribution is -2.45. The second kappa shape index (κ2) is 10.1. The van der Waals surface area contributed by atoms with Crippen molar-refractivity contribution in [3.63, 3.8) is 0 Å². The largest absolute Gasteiger partial charge is 0.493 e. The summed E-state index contributed by atoms with van der Waals surface area (Å²) in [6.45, 7) is 3.45. The molecule has 33 heavy (non-hydrogen) atoms. The van der Waals surface area contributed by atoms with Gasteiger partial charge in [-0.3, -0.25) is 9.59 Å². The molecule has 0 aliphatic carbocycles. The first kappa shape index (κ1) is 24.4. The van der Waals surface area contributed by atoms with Crippen molar-refractivity contribution in [2.45, 2.75) is 46.8 Å². The molecule has 0 unspecified atom stereocenters. The van der Waals surface area contributed by atoms with Gasteiger partial charge in [-0.05, 0) is 31.0 Å². The third kappa shape index (κ3) is 6.17. The Bertz CT molecular complexity index is 981. The number of carbonyl (C=O) groups excluding carboxylic acids is 2. The number of carbonyl (C=O) groups is 2. The molecule has 1 aliphatic heterocycles. The molecule has 1 fully saturated rings. The Morgan fingerprint density at radius 1 is 1.21 bits per heavy atom. The van der Waals surface area contributed by atoms with Gasteiger partial charge in [0.2, 0.25) is 11.7 Å². The Morgan fingerprint density at radius 2 is 1.91 bits per heavy atom. The number of rotatable bonds is 7. The van der Waals surface area contributed by atoms with E-state index in [1.165, 1.54) is 25.3 Å². The Morgan fingerprint density at radius 3 is 2.52 bits per heavy atom. The molecule has 0 radical (unpaired) electrons. The predicted octanol–water partition coefficient (Wildman–Crippen LogP) is 3.67. The summed E-state index contributed by atoms with van der Waals surface area (Å²) in [5.41, 5.74) is -0.00536. The maximum Gasteiger partial charge on any atom is 0.387 e. The first-order valence-corrected chi connectivity index (χ1v) is 10.5. The molecular weight excluding hydrogens is 440 g/mol. The number of esters is 1. The van der Waals surface area contributed by atoms with Gasteiger partial charge in [-0.1, -0.05) is 25.9 Å². The van der Waals surface area contributed by atoms with Gasteiger partial charge in [0.1, 0.15) is 0 Å². The second-order valence-electron chi connectivity index (χ2n) is 8.68. The quantitative estimate of drug-likeness (QED) is 0.568. The van der Waals surface area contributed by atoms with E-state index in [0.29, 0.717) is 31.5 Å². The fourth-order valence-corrected chi connectivity index (χ4v) is 3.47. The Kier molecular flexibility index (Phi) is 7.50. The fourth-order valence-electron chi connectivity index (χ4n) is 3.47. The first-order chi connectivity index (χ1) is 15.6. The summed E-state index contributed by atoms with van der Waals surface area (Å²) >= 11 is 0. The highest BCUT2D eigenvalue weighted by Gasteiger charge is 2.33. The smallest absolute Gasteiger partial charge is 0.387 e. The van der Waals surface area contributed by atoms with Crippen molar-refractivity contribution in [1.82, 2.24) is 15.0 Å². The Balaban J connectivity index is 1.54. The molecule has 9 nitrogen and oxygen atoms in total. The van der Waals surface area contributed by atoms with E-state index in [1.54, 1.807) is 4.90 Å². The summed E-state index contributed by atoms with van der Waals surface area (Å²) in [5.74, 6) is -0.387. The maximum absolute atomic E-state index is 12.5. The number of hydrogen-bond donors (Lipinski definition) is 0. The van der Waals surface area contributed by atoms with E-state index in [2.05, 4.69) is 14.9 Å². The van der Waals surface area contributed by atoms with Gasteiger partial charge in [-0.2, -0.15) is 13.8 Å². The van der Waals surface area contributed by atoms with E-state index in [0.717, 1.165) is 0 Å². The average Bonchev–Trinajstić information content (AvgIpc) is 3.25. The Labute approximate surface area is 190 Å². The van der Waals surface area contributed by atoms with E-state index >= 15 is 0 Å². The van der Waals surface area contributed by atoms with E-state index in [-0.39, 0.29) is 47.6 Å². The van der Waals surface area contributed by atoms with Crippen LogP contribution < -0.4 is 9.47 Å². The van der Waals surface area contributed by atoms with Gasteiger partial charge in [0.25, 0.3) is 5.89 Å². The highest BCUT2D eigenvalue weighted by molar-refractivity contribution is 5.82. The van der Waals surface area contributed by atoms with Crippen molar-refractivity contribution in [1.29, 1.82) is 0 Å². The summed E-state index contributed by atoms with van der Waals surface area (Å²) in [5, 5.41) is 3.83. The molecule has 2 aromatic rings. The molecule has 1 saturated heterocycles. The lowest BCUT2D eigenvalue weighted by atomic mass is 9.91. The minimum Gasteiger partial charge on any atom is -0.493 e. The zero-order valence-electron chi connectivity index (χ0n) is 19.0. The van der Waals surface area contributed by atoms with Gasteiger partial charge in [0.05, 0.1) is 13.0 Å². The van der Waals surface area contributed by atoms with Crippen LogP contribution in [0.3, 0.4) is 0 Å². The van der Waals surface area contributed by atoms with Gasteiger partial charge in [-0.15, -0.1) is 0 Å². The normalized spacial score (nSPS) is 14.9. The van der Waals surface area contributed by atoms with Crippen LogP contribution in [0.4, 0.5) is 8.78 Å². The highest BCUT2D eigenvalue weighted by atomic mass is 19.3. The summed E-state index contributed by atoms with van der Waals surface area (Å²) in [6.07, 6.45) is 1.06. The molecule has 1 aromatic carbocycles. The number of hydrogen-bond acceptors (Lipinski definition) is 8. The van der Waals surface area contributed by atoms with Gasteiger partial charge >= 0.3 is 12.6 Å². The number of benzene rings is 1. The third-order valence-corrected chi connectivity index (χ3v) is 5.20. The molecule has 1 aromatic heterocycles. The lowest BCUT2D eigenvalue weighted by Gasteiger charge is -2.34. The lowest BCUT2D eigenvalue weighted by molar-refractivity contribution is -0.154. The van der Waals surface area contributed by atoms with E-state index in [1.807, 2.05) is 20.8 Å². The fraction of sp³-hybridized carbons (Fsp3) is 0.545. The molecule has 3 rings (SSSR count).